The summed E-state index contributed by atoms with van der Waals surface area (Å²) in [7, 11) is 0. The minimum atomic E-state index is -0.784. The van der Waals surface area contributed by atoms with Gasteiger partial charge in [0.1, 0.15) is 13.2 Å². The quantitative estimate of drug-likeness (QED) is 0.0261. The standard InChI is InChI=1S/C73H132O6/c1-4-7-10-13-16-19-22-25-28-31-34-35-36-37-38-40-42-45-48-51-54-57-60-63-66-72(75)78-69-70(68-77-71(74)65-62-59-56-53-50-47-44-41-33-30-27-24-21-18-15-12-9-6-3)79-73(76)67-64-61-58-55-52-49-46-43-39-32-29-26-23-20-17-14-11-8-5-2/h8,11,17,20,26,29-30,33,39,43,70H,4-7,9-10,12-16,18-19,21-25,27-28,31-32,34-38,40-42,44-69H2,1-3H3/b11-8-,20-17-,29-26-,33-30-,43-39-. The Balaban J connectivity index is 4.33. The normalized spacial score (nSPS) is 12.4. The van der Waals surface area contributed by atoms with Gasteiger partial charge in [0.25, 0.3) is 0 Å². The molecule has 0 bridgehead atoms. The van der Waals surface area contributed by atoms with E-state index in [1.165, 1.54) is 231 Å². The highest BCUT2D eigenvalue weighted by Crippen LogP contribution is 2.18. The molecular formula is C73H132O6. The van der Waals surface area contributed by atoms with Gasteiger partial charge >= 0.3 is 17.9 Å². The molecule has 0 radical (unpaired) electrons. The van der Waals surface area contributed by atoms with E-state index in [-0.39, 0.29) is 31.1 Å². The molecule has 0 aromatic carbocycles. The lowest BCUT2D eigenvalue weighted by atomic mass is 10.0. The lowest BCUT2D eigenvalue weighted by Gasteiger charge is -2.18. The zero-order valence-electron chi connectivity index (χ0n) is 52.9. The van der Waals surface area contributed by atoms with Gasteiger partial charge in [0.2, 0.25) is 0 Å². The molecule has 0 spiro atoms. The molecule has 0 aromatic heterocycles. The van der Waals surface area contributed by atoms with Crippen molar-refractivity contribution in [3.05, 3.63) is 60.8 Å². The SMILES string of the molecule is CC/C=C\C/C=C\C/C=C\C/C=C\CCCCCCCCC(=O)OC(COC(=O)CCCCCCCCC/C=C\CCCCCCCCC)COC(=O)CCCCCCCCCCCCCCCCCCCCCCCCCC. The number of ether oxygens (including phenoxy) is 3. The lowest BCUT2D eigenvalue weighted by Crippen LogP contribution is -2.30. The summed E-state index contributed by atoms with van der Waals surface area (Å²) in [6.45, 7) is 6.58. The van der Waals surface area contributed by atoms with Crippen LogP contribution in [-0.2, 0) is 28.6 Å². The zero-order valence-corrected chi connectivity index (χ0v) is 52.9. The highest BCUT2D eigenvalue weighted by Gasteiger charge is 2.19. The summed E-state index contributed by atoms with van der Waals surface area (Å²) in [6, 6.07) is 0. The summed E-state index contributed by atoms with van der Waals surface area (Å²) in [4.78, 5) is 38.4. The Morgan fingerprint density at radius 2 is 0.494 bits per heavy atom. The predicted octanol–water partition coefficient (Wildman–Crippen LogP) is 23.9. The molecule has 1 atom stereocenters. The molecule has 0 saturated carbocycles. The zero-order chi connectivity index (χ0) is 57.1. The Hall–Kier alpha value is -2.89. The number of esters is 3. The van der Waals surface area contributed by atoms with E-state index in [1.54, 1.807) is 0 Å². The third-order valence-electron chi connectivity index (χ3n) is 15.5. The molecule has 0 aliphatic heterocycles. The highest BCUT2D eigenvalue weighted by molar-refractivity contribution is 5.71. The van der Waals surface area contributed by atoms with E-state index in [0.29, 0.717) is 19.3 Å². The first kappa shape index (κ1) is 76.1. The van der Waals surface area contributed by atoms with E-state index in [4.69, 9.17) is 14.2 Å². The molecule has 0 rings (SSSR count). The van der Waals surface area contributed by atoms with Crippen LogP contribution in [0.3, 0.4) is 0 Å². The molecule has 1 unspecified atom stereocenters. The van der Waals surface area contributed by atoms with Gasteiger partial charge in [-0.1, -0.05) is 326 Å². The predicted molar refractivity (Wildman–Crippen MR) is 344 cm³/mol. The molecule has 0 N–H and O–H groups in total. The number of unbranched alkanes of at least 4 members (excludes halogenated alkanes) is 43. The molecule has 0 aromatic rings. The average Bonchev–Trinajstić information content (AvgIpc) is 3.45. The second-order valence-corrected chi connectivity index (χ2v) is 23.4. The van der Waals surface area contributed by atoms with Crippen LogP contribution < -0.4 is 0 Å². The smallest absolute Gasteiger partial charge is 0.306 e. The highest BCUT2D eigenvalue weighted by atomic mass is 16.6. The van der Waals surface area contributed by atoms with Crippen molar-refractivity contribution in [2.75, 3.05) is 13.2 Å². The molecule has 0 fully saturated rings. The first-order valence-electron chi connectivity index (χ1n) is 34.8. The van der Waals surface area contributed by atoms with Crippen molar-refractivity contribution in [2.45, 2.75) is 374 Å². The van der Waals surface area contributed by atoms with Gasteiger partial charge in [-0.2, -0.15) is 0 Å². The second kappa shape index (κ2) is 67.6. The van der Waals surface area contributed by atoms with Crippen molar-refractivity contribution < 1.29 is 28.6 Å². The van der Waals surface area contributed by atoms with Crippen molar-refractivity contribution in [3.63, 3.8) is 0 Å². The van der Waals surface area contributed by atoms with Gasteiger partial charge in [-0.05, 0) is 83.5 Å². The third kappa shape index (κ3) is 65.8. The van der Waals surface area contributed by atoms with Gasteiger partial charge in [-0.15, -0.1) is 0 Å². The molecule has 0 saturated heterocycles. The molecule has 0 amide bonds. The van der Waals surface area contributed by atoms with Crippen LogP contribution in [0.1, 0.15) is 367 Å². The second-order valence-electron chi connectivity index (χ2n) is 23.4. The Morgan fingerprint density at radius 1 is 0.266 bits per heavy atom. The summed E-state index contributed by atoms with van der Waals surface area (Å²) in [5, 5.41) is 0. The molecule has 6 nitrogen and oxygen atoms in total. The average molecular weight is 1110 g/mol. The monoisotopic (exact) mass is 1110 g/mol. The minimum absolute atomic E-state index is 0.0779. The summed E-state index contributed by atoms with van der Waals surface area (Å²) in [6.07, 6.45) is 86.7. The van der Waals surface area contributed by atoms with Gasteiger partial charge in [-0.3, -0.25) is 14.4 Å². The topological polar surface area (TPSA) is 78.9 Å². The minimum Gasteiger partial charge on any atom is -0.462 e. The maximum atomic E-state index is 12.9. The van der Waals surface area contributed by atoms with Crippen LogP contribution in [-0.4, -0.2) is 37.2 Å². The molecule has 79 heavy (non-hydrogen) atoms. The van der Waals surface area contributed by atoms with E-state index in [9.17, 15) is 14.4 Å². The number of carbonyl (C=O) groups is 3. The first-order valence-corrected chi connectivity index (χ1v) is 34.8. The molecule has 6 heteroatoms. The molecule has 0 aliphatic rings. The molecule has 0 heterocycles. The largest absolute Gasteiger partial charge is 0.462 e. The van der Waals surface area contributed by atoms with Crippen LogP contribution in [0.15, 0.2) is 60.8 Å². The van der Waals surface area contributed by atoms with Crippen molar-refractivity contribution in [2.24, 2.45) is 0 Å². The van der Waals surface area contributed by atoms with Crippen LogP contribution in [0.2, 0.25) is 0 Å². The summed E-state index contributed by atoms with van der Waals surface area (Å²) < 4.78 is 17.0. The van der Waals surface area contributed by atoms with Crippen LogP contribution in [0.5, 0.6) is 0 Å². The van der Waals surface area contributed by atoms with Crippen LogP contribution in [0.25, 0.3) is 0 Å². The van der Waals surface area contributed by atoms with Crippen molar-refractivity contribution in [1.29, 1.82) is 0 Å². The Morgan fingerprint density at radius 3 is 0.785 bits per heavy atom. The fourth-order valence-electron chi connectivity index (χ4n) is 10.3. The molecular weight excluding hydrogens is 973 g/mol. The Bertz CT molecular complexity index is 1410. The summed E-state index contributed by atoms with van der Waals surface area (Å²) in [5.41, 5.74) is 0. The van der Waals surface area contributed by atoms with E-state index < -0.39 is 6.10 Å². The van der Waals surface area contributed by atoms with Crippen LogP contribution in [0, 0.1) is 0 Å². The summed E-state index contributed by atoms with van der Waals surface area (Å²) >= 11 is 0. The van der Waals surface area contributed by atoms with Gasteiger partial charge in [0.15, 0.2) is 6.10 Å². The maximum Gasteiger partial charge on any atom is 0.306 e. The van der Waals surface area contributed by atoms with E-state index in [1.807, 2.05) is 0 Å². The van der Waals surface area contributed by atoms with Gasteiger partial charge < -0.3 is 14.2 Å². The van der Waals surface area contributed by atoms with Crippen LogP contribution in [0.4, 0.5) is 0 Å². The summed E-state index contributed by atoms with van der Waals surface area (Å²) in [5.74, 6) is -0.873. The van der Waals surface area contributed by atoms with Gasteiger partial charge in [0.05, 0.1) is 0 Å². The van der Waals surface area contributed by atoms with Crippen LogP contribution >= 0.6 is 0 Å². The maximum absolute atomic E-state index is 12.9. The Kier molecular flexibility index (Phi) is 65.1. The molecule has 0 aliphatic carbocycles. The van der Waals surface area contributed by atoms with Crippen molar-refractivity contribution in [1.82, 2.24) is 0 Å². The fourth-order valence-corrected chi connectivity index (χ4v) is 10.3. The number of rotatable bonds is 64. The number of allylic oxidation sites excluding steroid dienone is 10. The van der Waals surface area contributed by atoms with Gasteiger partial charge in [0, 0.05) is 19.3 Å². The lowest BCUT2D eigenvalue weighted by molar-refractivity contribution is -0.167. The van der Waals surface area contributed by atoms with Gasteiger partial charge in [-0.25, -0.2) is 0 Å². The number of hydrogen-bond donors (Lipinski definition) is 0. The van der Waals surface area contributed by atoms with E-state index in [0.717, 1.165) is 96.3 Å². The first-order chi connectivity index (χ1) is 39.0. The Labute approximate surface area is 491 Å². The number of hydrogen-bond acceptors (Lipinski definition) is 6. The fraction of sp³-hybridized carbons (Fsp3) is 0.822. The van der Waals surface area contributed by atoms with Crippen molar-refractivity contribution in [3.8, 4) is 0 Å². The third-order valence-corrected chi connectivity index (χ3v) is 15.5. The molecule has 460 valence electrons. The van der Waals surface area contributed by atoms with Crippen molar-refractivity contribution >= 4 is 17.9 Å². The van der Waals surface area contributed by atoms with E-state index in [2.05, 4.69) is 81.5 Å². The van der Waals surface area contributed by atoms with E-state index >= 15 is 0 Å². The number of carbonyl (C=O) groups excluding carboxylic acids is 3.